The zero-order chi connectivity index (χ0) is 87.1. The summed E-state index contributed by atoms with van der Waals surface area (Å²) in [6, 6.07) is 146. The van der Waals surface area contributed by atoms with Crippen molar-refractivity contribution in [3.63, 3.8) is 0 Å². The van der Waals surface area contributed by atoms with Crippen LogP contribution in [0.15, 0.2) is 429 Å². The zero-order valence-electron chi connectivity index (χ0n) is 70.5. The molecule has 0 spiro atoms. The number of aromatic nitrogens is 14. The van der Waals surface area contributed by atoms with Crippen molar-refractivity contribution in [1.29, 1.82) is 0 Å². The molecule has 0 saturated carbocycles. The number of hydrogen-bond acceptors (Lipinski definition) is 14. The molecule has 26 aromatic rings. The van der Waals surface area contributed by atoms with Crippen LogP contribution in [-0.4, -0.2) is 68.9 Å². The third-order valence-corrected chi connectivity index (χ3v) is 25.7. The monoisotopic (exact) mass is 1710 g/mol. The lowest BCUT2D eigenvalue weighted by Gasteiger charge is -2.17. The molecule has 0 unspecified atom stereocenters. The lowest BCUT2D eigenvalue weighted by molar-refractivity contribution is 0.669. The van der Waals surface area contributed by atoms with Crippen LogP contribution >= 0.6 is 11.3 Å². The Labute approximate surface area is 759 Å². The number of nitrogens with zero attached hydrogens (tertiary/aromatic N) is 14. The van der Waals surface area contributed by atoms with Gasteiger partial charge >= 0.3 is 0 Å². The molecule has 0 aliphatic rings. The summed E-state index contributed by atoms with van der Waals surface area (Å²) < 4.78 is 13.7. The van der Waals surface area contributed by atoms with Crippen molar-refractivity contribution in [2.24, 2.45) is 0 Å². The molecule has 8 aromatic heterocycles. The van der Waals surface area contributed by atoms with Gasteiger partial charge in [0.2, 0.25) is 0 Å². The molecule has 0 saturated heterocycles. The molecular formula is C116H70N14OS. The summed E-state index contributed by atoms with van der Waals surface area (Å²) in [4.78, 5) is 62.6. The van der Waals surface area contributed by atoms with Gasteiger partial charge in [-0.25, -0.2) is 59.8 Å². The molecule has 0 aliphatic heterocycles. The number of benzene rings is 18. The first-order valence-corrected chi connectivity index (χ1v) is 44.5. The van der Waals surface area contributed by atoms with Gasteiger partial charge in [-0.3, -0.25) is 0 Å². The molecule has 0 atom stereocenters. The number of rotatable bonds is 14. The second-order valence-corrected chi connectivity index (χ2v) is 33.7. The zero-order valence-corrected chi connectivity index (χ0v) is 71.3. The number of thiophene rings is 1. The van der Waals surface area contributed by atoms with Crippen LogP contribution in [0.3, 0.4) is 0 Å². The van der Waals surface area contributed by atoms with E-state index in [0.29, 0.717) is 69.9 Å². The van der Waals surface area contributed by atoms with Crippen LogP contribution in [0.4, 0.5) is 0 Å². The van der Waals surface area contributed by atoms with E-state index in [-0.39, 0.29) is 0 Å². The molecule has 8 heterocycles. The average molecular weight is 1710 g/mol. The Kier molecular flexibility index (Phi) is 18.7. The van der Waals surface area contributed by atoms with Crippen LogP contribution in [0, 0.1) is 0 Å². The molecule has 0 N–H and O–H groups in total. The average Bonchev–Trinajstić information content (AvgIpc) is 1.58. The summed E-state index contributed by atoms with van der Waals surface area (Å²) in [5.41, 5.74) is 18.0. The highest BCUT2D eigenvalue weighted by molar-refractivity contribution is 7.26. The minimum Gasteiger partial charge on any atom is -0.456 e. The fraction of sp³-hybridized carbons (Fsp3) is 0. The Hall–Kier alpha value is -17.9. The molecule has 616 valence electrons. The second kappa shape index (κ2) is 32.2. The smallest absolute Gasteiger partial charge is 0.166 e. The van der Waals surface area contributed by atoms with Gasteiger partial charge in [-0.05, 0) is 113 Å². The molecule has 16 heteroatoms. The van der Waals surface area contributed by atoms with Gasteiger partial charge < -0.3 is 13.6 Å². The van der Waals surface area contributed by atoms with Crippen molar-refractivity contribution >= 4 is 119 Å². The topological polar surface area (TPSA) is 178 Å². The maximum Gasteiger partial charge on any atom is 0.166 e. The molecule has 0 amide bonds. The SMILES string of the molecule is c1ccc(-c2nc(-c3ccc(-n4c5ccccc5c5ccc6oc7ccccc7c6c54)c(-c4nc(-c5ccccc5)nc(-c5ccccc5)n4)c3)nc(-c3ccc4ccccc4c3)n2)cc1.c1ccc(-c2nc(-c3ccccc3)nc(-c3ccc(-n4c5ccccc5c5ccc6sc7ccccc7c6c54)c(-c4nc(-c5ccccc5)nc(-c5ccc6ccccc6c5)n4)c3)n2)cc1. The summed E-state index contributed by atoms with van der Waals surface area (Å²) in [7, 11) is 0. The Balaban J connectivity index is 0.000000142. The fourth-order valence-electron chi connectivity index (χ4n) is 18.3. The summed E-state index contributed by atoms with van der Waals surface area (Å²) in [5.74, 6) is 6.68. The Bertz CT molecular complexity index is 8930. The summed E-state index contributed by atoms with van der Waals surface area (Å²) in [5, 5.41) is 13.6. The van der Waals surface area contributed by atoms with Crippen LogP contribution in [-0.2, 0) is 0 Å². The number of para-hydroxylation sites is 3. The van der Waals surface area contributed by atoms with E-state index in [4.69, 9.17) is 64.2 Å². The molecule has 26 rings (SSSR count). The van der Waals surface area contributed by atoms with E-state index in [9.17, 15) is 0 Å². The molecule has 0 aliphatic carbocycles. The minimum absolute atomic E-state index is 0.502. The Morgan fingerprint density at radius 3 is 0.894 bits per heavy atom. The first-order chi connectivity index (χ1) is 65.4. The summed E-state index contributed by atoms with van der Waals surface area (Å²) in [6.45, 7) is 0. The van der Waals surface area contributed by atoms with Gasteiger partial charge in [-0.15, -0.1) is 11.3 Å². The second-order valence-electron chi connectivity index (χ2n) is 32.6. The molecule has 0 bridgehead atoms. The molecule has 0 fully saturated rings. The first-order valence-electron chi connectivity index (χ1n) is 43.7. The quantitative estimate of drug-likeness (QED) is 0.101. The third kappa shape index (κ3) is 13.7. The van der Waals surface area contributed by atoms with E-state index >= 15 is 0 Å². The van der Waals surface area contributed by atoms with Crippen LogP contribution in [0.1, 0.15) is 0 Å². The third-order valence-electron chi connectivity index (χ3n) is 24.6. The van der Waals surface area contributed by atoms with Crippen molar-refractivity contribution < 1.29 is 4.42 Å². The molecule has 132 heavy (non-hydrogen) atoms. The van der Waals surface area contributed by atoms with Crippen LogP contribution in [0.5, 0.6) is 0 Å². The fourth-order valence-corrected chi connectivity index (χ4v) is 19.5. The Morgan fingerprint density at radius 2 is 0.485 bits per heavy atom. The molecule has 15 nitrogen and oxygen atoms in total. The van der Waals surface area contributed by atoms with Crippen molar-refractivity contribution in [3.8, 4) is 148 Å². The van der Waals surface area contributed by atoms with E-state index in [1.165, 1.54) is 25.6 Å². The highest BCUT2D eigenvalue weighted by atomic mass is 32.1. The van der Waals surface area contributed by atoms with E-state index < -0.39 is 0 Å². The van der Waals surface area contributed by atoms with E-state index in [1.807, 2.05) is 212 Å². The van der Waals surface area contributed by atoms with E-state index in [0.717, 1.165) is 160 Å². The maximum atomic E-state index is 6.52. The highest BCUT2D eigenvalue weighted by Crippen LogP contribution is 2.48. The predicted molar refractivity (Wildman–Crippen MR) is 536 cm³/mol. The van der Waals surface area contributed by atoms with Gasteiger partial charge in [0.25, 0.3) is 0 Å². The minimum atomic E-state index is 0.502. The normalized spacial score (nSPS) is 11.6. The lowest BCUT2D eigenvalue weighted by atomic mass is 10.0. The predicted octanol–water partition coefficient (Wildman–Crippen LogP) is 28.9. The number of fused-ring (bicyclic) bond motifs is 16. The first kappa shape index (κ1) is 76.6. The number of hydrogen-bond donors (Lipinski definition) is 0. The summed E-state index contributed by atoms with van der Waals surface area (Å²) in [6.07, 6.45) is 0. The summed E-state index contributed by atoms with van der Waals surface area (Å²) >= 11 is 1.82. The maximum absolute atomic E-state index is 6.52. The van der Waals surface area contributed by atoms with Gasteiger partial charge in [0.05, 0.1) is 38.8 Å². The largest absolute Gasteiger partial charge is 0.456 e. The van der Waals surface area contributed by atoms with Crippen molar-refractivity contribution in [3.05, 3.63) is 425 Å². The van der Waals surface area contributed by atoms with Gasteiger partial charge in [-0.2, -0.15) is 0 Å². The van der Waals surface area contributed by atoms with Crippen molar-refractivity contribution in [2.45, 2.75) is 0 Å². The number of furan rings is 1. The van der Waals surface area contributed by atoms with Gasteiger partial charge in [0.1, 0.15) is 11.2 Å². The van der Waals surface area contributed by atoms with Gasteiger partial charge in [0, 0.05) is 114 Å². The van der Waals surface area contributed by atoms with Gasteiger partial charge in [0.15, 0.2) is 69.9 Å². The van der Waals surface area contributed by atoms with Crippen molar-refractivity contribution in [2.75, 3.05) is 0 Å². The van der Waals surface area contributed by atoms with Crippen LogP contribution in [0.25, 0.3) is 255 Å². The molecule has 0 radical (unpaired) electrons. The van der Waals surface area contributed by atoms with Gasteiger partial charge in [-0.1, -0.05) is 334 Å². The van der Waals surface area contributed by atoms with Crippen LogP contribution < -0.4 is 0 Å². The standard InChI is InChI=1S/C58H35N7O.C58H35N7S/c1-4-17-37(18-5-1)53-60-56(41-29-28-36-16-10-11-23-40(36)34-41)62-57(61-53)42-30-32-48(46(35-42)58-63-54(38-19-6-2-7-20-38)59-55(64-58)39-21-8-3-9-22-39)65-47-26-14-12-24-43(47)44-31-33-50-51(52(44)65)45-25-13-15-27-49(45)66-50;1-4-17-37(18-5-1)53-59-54(38-19-6-2-7-20-38)61-57(60-53)42-30-32-48(65-47-26-14-12-24-43(47)44-31-33-50-51(52(44)65)45-25-13-15-27-49(45)66-50)46(35-42)58-63-55(39-21-8-3-9-22-39)62-56(64-58)41-29-28-36-16-10-11-23-40(36)34-41/h2*1-35H. The Morgan fingerprint density at radius 1 is 0.182 bits per heavy atom. The van der Waals surface area contributed by atoms with Crippen molar-refractivity contribution in [1.82, 2.24) is 68.9 Å². The molecular weight excluding hydrogens is 1640 g/mol. The lowest BCUT2D eigenvalue weighted by Crippen LogP contribution is -2.05. The molecule has 18 aromatic carbocycles. The highest BCUT2D eigenvalue weighted by Gasteiger charge is 2.28. The van der Waals surface area contributed by atoms with E-state index in [2.05, 4.69) is 234 Å². The van der Waals surface area contributed by atoms with Crippen LogP contribution in [0.2, 0.25) is 0 Å². The van der Waals surface area contributed by atoms with E-state index in [1.54, 1.807) is 0 Å².